The van der Waals surface area contributed by atoms with Crippen LogP contribution >= 0.6 is 0 Å². The van der Waals surface area contributed by atoms with Crippen molar-refractivity contribution < 1.29 is 14.3 Å². The third kappa shape index (κ3) is 6.04. The third-order valence-corrected chi connectivity index (χ3v) is 5.41. The van der Waals surface area contributed by atoms with Gasteiger partial charge in [-0.3, -0.25) is 14.6 Å². The van der Waals surface area contributed by atoms with Gasteiger partial charge in [-0.15, -0.1) is 0 Å². The maximum absolute atomic E-state index is 12.9. The molecule has 2 amide bonds. The number of carbonyl (C=O) groups is 2. The van der Waals surface area contributed by atoms with E-state index in [4.69, 9.17) is 4.74 Å². The molecule has 1 fully saturated rings. The average Bonchev–Trinajstić information content (AvgIpc) is 2.96. The lowest BCUT2D eigenvalue weighted by atomic mass is 10.0. The minimum Gasteiger partial charge on any atom is -0.497 e. The topological polar surface area (TPSA) is 62.7 Å². The van der Waals surface area contributed by atoms with Crippen LogP contribution in [-0.4, -0.2) is 59.9 Å². The molecule has 6 nitrogen and oxygen atoms in total. The lowest BCUT2D eigenvalue weighted by Gasteiger charge is -2.24. The van der Waals surface area contributed by atoms with Crippen molar-refractivity contribution in [2.75, 3.05) is 33.3 Å². The van der Waals surface area contributed by atoms with Crippen molar-refractivity contribution in [3.8, 4) is 5.75 Å². The molecule has 2 heterocycles. The Bertz CT molecular complexity index is 808. The van der Waals surface area contributed by atoms with Crippen molar-refractivity contribution in [3.05, 3.63) is 59.9 Å². The first kappa shape index (κ1) is 20.8. The number of rotatable bonds is 6. The van der Waals surface area contributed by atoms with E-state index in [0.717, 1.165) is 23.4 Å². The molecule has 29 heavy (non-hydrogen) atoms. The van der Waals surface area contributed by atoms with E-state index in [-0.39, 0.29) is 17.7 Å². The minimum atomic E-state index is 0.0588. The number of nitrogens with zero attached hydrogens (tertiary/aromatic N) is 3. The predicted molar refractivity (Wildman–Crippen MR) is 112 cm³/mol. The zero-order chi connectivity index (χ0) is 20.6. The maximum atomic E-state index is 12.9. The fourth-order valence-corrected chi connectivity index (χ4v) is 3.76. The van der Waals surface area contributed by atoms with Gasteiger partial charge >= 0.3 is 0 Å². The van der Waals surface area contributed by atoms with Gasteiger partial charge in [0.05, 0.1) is 7.11 Å². The molecule has 1 aliphatic heterocycles. The van der Waals surface area contributed by atoms with Gasteiger partial charge in [0.25, 0.3) is 0 Å². The summed E-state index contributed by atoms with van der Waals surface area (Å²) in [5, 5.41) is 0. The van der Waals surface area contributed by atoms with Crippen molar-refractivity contribution in [1.82, 2.24) is 14.8 Å². The second kappa shape index (κ2) is 10.0. The first-order chi connectivity index (χ1) is 14.0. The molecular formula is C23H29N3O3. The number of hydrogen-bond acceptors (Lipinski definition) is 4. The number of aromatic nitrogens is 1. The van der Waals surface area contributed by atoms with E-state index >= 15 is 0 Å². The monoisotopic (exact) mass is 395 g/mol. The zero-order valence-electron chi connectivity index (χ0n) is 17.2. The van der Waals surface area contributed by atoms with E-state index in [0.29, 0.717) is 39.0 Å². The normalized spacial score (nSPS) is 17.0. The number of hydrogen-bond donors (Lipinski definition) is 0. The van der Waals surface area contributed by atoms with Crippen molar-refractivity contribution in [1.29, 1.82) is 0 Å². The summed E-state index contributed by atoms with van der Waals surface area (Å²) in [5.41, 5.74) is 2.11. The summed E-state index contributed by atoms with van der Waals surface area (Å²) in [5.74, 6) is 1.19. The first-order valence-corrected chi connectivity index (χ1v) is 10.1. The zero-order valence-corrected chi connectivity index (χ0v) is 17.2. The molecule has 0 radical (unpaired) electrons. The van der Waals surface area contributed by atoms with Crippen LogP contribution in [0, 0.1) is 5.92 Å². The number of ether oxygens (including phenoxy) is 1. The molecule has 1 unspecified atom stereocenters. The smallest absolute Gasteiger partial charge is 0.222 e. The number of amides is 2. The maximum Gasteiger partial charge on any atom is 0.222 e. The van der Waals surface area contributed by atoms with Crippen molar-refractivity contribution in [2.24, 2.45) is 5.92 Å². The van der Waals surface area contributed by atoms with Gasteiger partial charge in [0.2, 0.25) is 11.8 Å². The molecule has 0 N–H and O–H groups in total. The standard InChI is InChI=1S/C23H29N3O3/c1-18(27)25-13-14-26(17-20(16-25)15-21-5-3-4-12-24-21)23(28)11-8-19-6-9-22(29-2)10-7-19/h3-7,9-10,12,20H,8,11,13-17H2,1-2H3. The number of aryl methyl sites for hydroxylation is 1. The van der Waals surface area contributed by atoms with Crippen LogP contribution in [-0.2, 0) is 22.4 Å². The Balaban J connectivity index is 1.63. The molecule has 1 atom stereocenters. The van der Waals surface area contributed by atoms with E-state index in [1.54, 1.807) is 20.2 Å². The second-order valence-electron chi connectivity index (χ2n) is 7.54. The molecule has 0 spiro atoms. The Kier molecular flexibility index (Phi) is 7.22. The van der Waals surface area contributed by atoms with Crippen LogP contribution in [0.2, 0.25) is 0 Å². The van der Waals surface area contributed by atoms with Gasteiger partial charge in [-0.1, -0.05) is 18.2 Å². The number of methoxy groups -OCH3 is 1. The molecule has 1 aromatic heterocycles. The van der Waals surface area contributed by atoms with Gasteiger partial charge in [-0.05, 0) is 48.6 Å². The summed E-state index contributed by atoms with van der Waals surface area (Å²) >= 11 is 0. The van der Waals surface area contributed by atoms with Gasteiger partial charge in [0.15, 0.2) is 0 Å². The molecule has 1 aromatic carbocycles. The van der Waals surface area contributed by atoms with Crippen LogP contribution in [0.25, 0.3) is 0 Å². The second-order valence-corrected chi connectivity index (χ2v) is 7.54. The number of benzene rings is 1. The van der Waals surface area contributed by atoms with E-state index in [1.165, 1.54) is 0 Å². The van der Waals surface area contributed by atoms with Gasteiger partial charge in [0.1, 0.15) is 5.75 Å². The SMILES string of the molecule is COc1ccc(CCC(=O)N2CCN(C(C)=O)CC(Cc3ccccn3)C2)cc1. The van der Waals surface area contributed by atoms with E-state index < -0.39 is 0 Å². The Hall–Kier alpha value is -2.89. The highest BCUT2D eigenvalue weighted by atomic mass is 16.5. The largest absolute Gasteiger partial charge is 0.497 e. The fourth-order valence-electron chi connectivity index (χ4n) is 3.76. The molecule has 1 aliphatic rings. The van der Waals surface area contributed by atoms with Gasteiger partial charge in [-0.2, -0.15) is 0 Å². The fraction of sp³-hybridized carbons (Fsp3) is 0.435. The number of carbonyl (C=O) groups excluding carboxylic acids is 2. The van der Waals surface area contributed by atoms with Crippen LogP contribution < -0.4 is 4.74 Å². The Morgan fingerprint density at radius 1 is 1.07 bits per heavy atom. The summed E-state index contributed by atoms with van der Waals surface area (Å²) in [6, 6.07) is 13.7. The Morgan fingerprint density at radius 3 is 2.45 bits per heavy atom. The molecule has 6 heteroatoms. The van der Waals surface area contributed by atoms with Crippen molar-refractivity contribution in [2.45, 2.75) is 26.2 Å². The summed E-state index contributed by atoms with van der Waals surface area (Å²) in [7, 11) is 1.64. The predicted octanol–water partition coefficient (Wildman–Crippen LogP) is 2.57. The van der Waals surface area contributed by atoms with Crippen LogP contribution in [0.15, 0.2) is 48.7 Å². The third-order valence-electron chi connectivity index (χ3n) is 5.41. The molecular weight excluding hydrogens is 366 g/mol. The molecule has 3 rings (SSSR count). The molecule has 154 valence electrons. The molecule has 0 saturated carbocycles. The lowest BCUT2D eigenvalue weighted by molar-refractivity contribution is -0.132. The Labute approximate surface area is 172 Å². The highest BCUT2D eigenvalue weighted by Crippen LogP contribution is 2.17. The van der Waals surface area contributed by atoms with E-state index in [1.807, 2.05) is 52.3 Å². The van der Waals surface area contributed by atoms with Crippen LogP contribution in [0.5, 0.6) is 5.75 Å². The highest BCUT2D eigenvalue weighted by Gasteiger charge is 2.27. The molecule has 0 aliphatic carbocycles. The van der Waals surface area contributed by atoms with Crippen LogP contribution in [0.3, 0.4) is 0 Å². The minimum absolute atomic E-state index is 0.0588. The lowest BCUT2D eigenvalue weighted by Crippen LogP contribution is -2.36. The summed E-state index contributed by atoms with van der Waals surface area (Å²) < 4.78 is 5.18. The first-order valence-electron chi connectivity index (χ1n) is 10.1. The van der Waals surface area contributed by atoms with E-state index in [2.05, 4.69) is 4.98 Å². The Morgan fingerprint density at radius 2 is 1.79 bits per heavy atom. The van der Waals surface area contributed by atoms with Gasteiger partial charge < -0.3 is 14.5 Å². The summed E-state index contributed by atoms with van der Waals surface area (Å²) in [6.07, 6.45) is 3.70. The van der Waals surface area contributed by atoms with Gasteiger partial charge in [0, 0.05) is 51.4 Å². The summed E-state index contributed by atoms with van der Waals surface area (Å²) in [6.45, 7) is 4.08. The average molecular weight is 396 g/mol. The van der Waals surface area contributed by atoms with Crippen LogP contribution in [0.4, 0.5) is 0 Å². The van der Waals surface area contributed by atoms with Gasteiger partial charge in [-0.25, -0.2) is 0 Å². The summed E-state index contributed by atoms with van der Waals surface area (Å²) in [4.78, 5) is 33.1. The van der Waals surface area contributed by atoms with Crippen molar-refractivity contribution >= 4 is 11.8 Å². The van der Waals surface area contributed by atoms with Crippen LogP contribution in [0.1, 0.15) is 24.6 Å². The molecule has 0 bridgehead atoms. The highest BCUT2D eigenvalue weighted by molar-refractivity contribution is 5.77. The quantitative estimate of drug-likeness (QED) is 0.754. The van der Waals surface area contributed by atoms with Crippen molar-refractivity contribution in [3.63, 3.8) is 0 Å². The number of pyridine rings is 1. The molecule has 2 aromatic rings. The van der Waals surface area contributed by atoms with E-state index in [9.17, 15) is 9.59 Å². The molecule has 1 saturated heterocycles.